The molecule has 1 N–H and O–H groups in total. The summed E-state index contributed by atoms with van der Waals surface area (Å²) in [6.45, 7) is 4.11. The van der Waals surface area contributed by atoms with E-state index >= 15 is 0 Å². The van der Waals surface area contributed by atoms with Crippen molar-refractivity contribution in [3.63, 3.8) is 0 Å². The fraction of sp³-hybridized carbons (Fsp3) is 0.556. The van der Waals surface area contributed by atoms with Crippen LogP contribution in [-0.4, -0.2) is 60.6 Å². The van der Waals surface area contributed by atoms with Gasteiger partial charge in [-0.15, -0.1) is 0 Å². The number of nitrogens with zero attached hydrogens (tertiary/aromatic N) is 2. The number of hydrogen-bond acceptors (Lipinski definition) is 3. The van der Waals surface area contributed by atoms with E-state index in [1.54, 1.807) is 34.9 Å². The zero-order valence-corrected chi connectivity index (χ0v) is 14.4. The molecule has 0 radical (unpaired) electrons. The van der Waals surface area contributed by atoms with Crippen LogP contribution in [0.2, 0.25) is 0 Å². The van der Waals surface area contributed by atoms with E-state index in [0.29, 0.717) is 38.3 Å². The number of halogens is 1. The van der Waals surface area contributed by atoms with Gasteiger partial charge in [0.2, 0.25) is 5.91 Å². The first-order valence-electron chi connectivity index (χ1n) is 8.71. The number of hydrogen-bond donors (Lipinski definition) is 1. The molecule has 2 saturated heterocycles. The monoisotopic (exact) mass is 349 g/mol. The Labute approximate surface area is 146 Å². The number of nitrogens with one attached hydrogen (secondary N) is 1. The van der Waals surface area contributed by atoms with Crippen LogP contribution in [0.3, 0.4) is 0 Å². The second kappa shape index (κ2) is 7.82. The molecule has 0 bridgehead atoms. The van der Waals surface area contributed by atoms with Crippen molar-refractivity contribution in [3.05, 3.63) is 35.6 Å². The molecule has 1 aromatic carbocycles. The Morgan fingerprint density at radius 3 is 2.56 bits per heavy atom. The van der Waals surface area contributed by atoms with Crippen molar-refractivity contribution >= 4 is 11.9 Å². The molecule has 2 aliphatic heterocycles. The number of rotatable bonds is 2. The van der Waals surface area contributed by atoms with E-state index in [4.69, 9.17) is 4.74 Å². The lowest BCUT2D eigenvalue weighted by Crippen LogP contribution is -2.52. The van der Waals surface area contributed by atoms with Crippen LogP contribution < -0.4 is 5.32 Å². The summed E-state index contributed by atoms with van der Waals surface area (Å²) < 4.78 is 19.6. The lowest BCUT2D eigenvalue weighted by Gasteiger charge is -2.36. The summed E-state index contributed by atoms with van der Waals surface area (Å²) in [5.41, 5.74) is 0.481. The Kier molecular flexibility index (Phi) is 5.53. The predicted octanol–water partition coefficient (Wildman–Crippen LogP) is 1.92. The summed E-state index contributed by atoms with van der Waals surface area (Å²) in [4.78, 5) is 27.4. The van der Waals surface area contributed by atoms with Gasteiger partial charge in [0.05, 0.1) is 13.2 Å². The largest absolute Gasteiger partial charge is 0.370 e. The number of piperidine rings is 1. The lowest BCUT2D eigenvalue weighted by atomic mass is 10.0. The number of urea groups is 1. The molecule has 0 spiro atoms. The zero-order chi connectivity index (χ0) is 17.8. The summed E-state index contributed by atoms with van der Waals surface area (Å²) in [5.74, 6) is -0.239. The molecule has 2 fully saturated rings. The third kappa shape index (κ3) is 4.28. The minimum absolute atomic E-state index is 0.0675. The summed E-state index contributed by atoms with van der Waals surface area (Å²) >= 11 is 0. The highest BCUT2D eigenvalue weighted by atomic mass is 19.1. The van der Waals surface area contributed by atoms with Crippen LogP contribution in [0.4, 0.5) is 9.18 Å². The van der Waals surface area contributed by atoms with Gasteiger partial charge in [0.1, 0.15) is 11.9 Å². The van der Waals surface area contributed by atoms with E-state index in [-0.39, 0.29) is 23.8 Å². The second-order valence-corrected chi connectivity index (χ2v) is 6.56. The van der Waals surface area contributed by atoms with Gasteiger partial charge in [-0.3, -0.25) is 4.79 Å². The first-order chi connectivity index (χ1) is 12.0. The van der Waals surface area contributed by atoms with Crippen LogP contribution in [0.5, 0.6) is 0 Å². The van der Waals surface area contributed by atoms with Crippen LogP contribution in [0.1, 0.15) is 31.4 Å². The van der Waals surface area contributed by atoms with Crippen LogP contribution in [0.15, 0.2) is 24.3 Å². The van der Waals surface area contributed by atoms with Crippen LogP contribution in [0.25, 0.3) is 0 Å². The summed E-state index contributed by atoms with van der Waals surface area (Å²) in [7, 11) is 0. The maximum atomic E-state index is 13.9. The molecule has 1 unspecified atom stereocenters. The highest BCUT2D eigenvalue weighted by Crippen LogP contribution is 2.24. The maximum absolute atomic E-state index is 13.9. The molecule has 0 saturated carbocycles. The Hall–Kier alpha value is -2.15. The van der Waals surface area contributed by atoms with Crippen molar-refractivity contribution in [2.45, 2.75) is 31.9 Å². The number of morpholine rings is 1. The fourth-order valence-corrected chi connectivity index (χ4v) is 3.36. The number of benzene rings is 1. The Bertz CT molecular complexity index is 632. The van der Waals surface area contributed by atoms with Gasteiger partial charge in [-0.2, -0.15) is 0 Å². The molecular weight excluding hydrogens is 325 g/mol. The van der Waals surface area contributed by atoms with Crippen LogP contribution >= 0.6 is 0 Å². The minimum atomic E-state index is -0.444. The summed E-state index contributed by atoms with van der Waals surface area (Å²) in [5, 5.41) is 3.03. The molecule has 3 rings (SSSR count). The average Bonchev–Trinajstić information content (AvgIpc) is 2.62. The molecule has 0 aromatic heterocycles. The minimum Gasteiger partial charge on any atom is -0.370 e. The molecule has 25 heavy (non-hydrogen) atoms. The van der Waals surface area contributed by atoms with Gasteiger partial charge in [0.15, 0.2) is 0 Å². The molecule has 2 aliphatic rings. The van der Waals surface area contributed by atoms with E-state index in [9.17, 15) is 14.0 Å². The molecule has 3 amide bonds. The second-order valence-electron chi connectivity index (χ2n) is 6.56. The lowest BCUT2D eigenvalue weighted by molar-refractivity contribution is -0.129. The maximum Gasteiger partial charge on any atom is 0.317 e. The van der Waals surface area contributed by atoms with Gasteiger partial charge >= 0.3 is 6.03 Å². The first kappa shape index (κ1) is 17.7. The van der Waals surface area contributed by atoms with Crippen molar-refractivity contribution in [2.24, 2.45) is 0 Å². The summed E-state index contributed by atoms with van der Waals surface area (Å²) in [6, 6.07) is 6.42. The standard InChI is InChI=1S/C18H24FN3O3/c1-13(23)21-8-6-14(7-9-21)20-18(24)22-10-11-25-17(12-22)15-4-2-3-5-16(15)19/h2-5,14,17H,6-12H2,1H3,(H,20,24). The van der Waals surface area contributed by atoms with Crippen molar-refractivity contribution < 1.29 is 18.7 Å². The quantitative estimate of drug-likeness (QED) is 0.887. The molecule has 2 heterocycles. The van der Waals surface area contributed by atoms with E-state index in [2.05, 4.69) is 5.32 Å². The van der Waals surface area contributed by atoms with Gasteiger partial charge < -0.3 is 19.9 Å². The van der Waals surface area contributed by atoms with Crippen molar-refractivity contribution in [1.82, 2.24) is 15.1 Å². The normalized spacial score (nSPS) is 21.9. The van der Waals surface area contributed by atoms with Gasteiger partial charge in [-0.1, -0.05) is 18.2 Å². The van der Waals surface area contributed by atoms with E-state index in [1.165, 1.54) is 6.07 Å². The molecule has 1 atom stereocenters. The molecular formula is C18H24FN3O3. The van der Waals surface area contributed by atoms with Gasteiger partial charge in [-0.25, -0.2) is 9.18 Å². The third-order valence-corrected chi connectivity index (χ3v) is 4.87. The van der Waals surface area contributed by atoms with Gasteiger partial charge in [0.25, 0.3) is 0 Å². The van der Waals surface area contributed by atoms with Crippen LogP contribution in [-0.2, 0) is 9.53 Å². The SMILES string of the molecule is CC(=O)N1CCC(NC(=O)N2CCOC(c3ccccc3F)C2)CC1. The van der Waals surface area contributed by atoms with E-state index in [1.807, 2.05) is 0 Å². The number of carbonyl (C=O) groups excluding carboxylic acids is 2. The average molecular weight is 349 g/mol. The first-order valence-corrected chi connectivity index (χ1v) is 8.71. The van der Waals surface area contributed by atoms with Crippen LogP contribution in [0, 0.1) is 5.82 Å². The predicted molar refractivity (Wildman–Crippen MR) is 90.5 cm³/mol. The topological polar surface area (TPSA) is 61.9 Å². The summed E-state index contributed by atoms with van der Waals surface area (Å²) in [6.07, 6.45) is 1.07. The highest BCUT2D eigenvalue weighted by Gasteiger charge is 2.29. The number of ether oxygens (including phenoxy) is 1. The van der Waals surface area contributed by atoms with Crippen molar-refractivity contribution in [2.75, 3.05) is 32.8 Å². The number of likely N-dealkylation sites (tertiary alicyclic amines) is 1. The Balaban J connectivity index is 1.54. The van der Waals surface area contributed by atoms with E-state index < -0.39 is 6.10 Å². The molecule has 136 valence electrons. The Morgan fingerprint density at radius 1 is 1.16 bits per heavy atom. The van der Waals surface area contributed by atoms with Crippen molar-refractivity contribution in [1.29, 1.82) is 0 Å². The Morgan fingerprint density at radius 2 is 1.88 bits per heavy atom. The molecule has 7 heteroatoms. The smallest absolute Gasteiger partial charge is 0.317 e. The molecule has 0 aliphatic carbocycles. The highest BCUT2D eigenvalue weighted by molar-refractivity contribution is 5.75. The molecule has 1 aromatic rings. The third-order valence-electron chi connectivity index (χ3n) is 4.87. The number of amides is 3. The van der Waals surface area contributed by atoms with Gasteiger partial charge in [0, 0.05) is 38.2 Å². The molecule has 6 nitrogen and oxygen atoms in total. The van der Waals surface area contributed by atoms with E-state index in [0.717, 1.165) is 12.8 Å². The fourth-order valence-electron chi connectivity index (χ4n) is 3.36. The number of carbonyl (C=O) groups is 2. The van der Waals surface area contributed by atoms with Gasteiger partial charge in [-0.05, 0) is 18.9 Å². The van der Waals surface area contributed by atoms with Crippen molar-refractivity contribution in [3.8, 4) is 0 Å². The zero-order valence-electron chi connectivity index (χ0n) is 14.4.